The minimum Gasteiger partial charge on any atom is -0.466 e. The zero-order valence-electron chi connectivity index (χ0n) is 7.38. The molecule has 70 valence electrons. The average Bonchev–Trinajstić information content (AvgIpc) is 2.62. The first-order valence-electron chi connectivity index (χ1n) is 4.32. The first-order valence-corrected chi connectivity index (χ1v) is 4.32. The summed E-state index contributed by atoms with van der Waals surface area (Å²) in [5, 5.41) is 9.35. The number of aliphatic hydroxyl groups excluding tert-OH is 1. The highest BCUT2D eigenvalue weighted by Crippen LogP contribution is 2.26. The molecule has 1 aromatic rings. The quantitative estimate of drug-likeness (QED) is 0.668. The second-order valence-corrected chi connectivity index (χ2v) is 3.15. The minimum atomic E-state index is -0.508. The van der Waals surface area contributed by atoms with Gasteiger partial charge in [-0.2, -0.15) is 0 Å². The molecule has 3 nitrogen and oxygen atoms in total. The number of aliphatic hydroxyl groups is 1. The van der Waals surface area contributed by atoms with Gasteiger partial charge >= 0.3 is 0 Å². The van der Waals surface area contributed by atoms with E-state index in [2.05, 4.69) is 0 Å². The lowest BCUT2D eigenvalue weighted by Gasteiger charge is -2.25. The van der Waals surface area contributed by atoms with Gasteiger partial charge in [0.15, 0.2) is 0 Å². The number of rotatable bonds is 1. The molecule has 13 heavy (non-hydrogen) atoms. The van der Waals surface area contributed by atoms with Gasteiger partial charge in [0, 0.05) is 0 Å². The van der Waals surface area contributed by atoms with Crippen molar-refractivity contribution in [1.29, 1.82) is 0 Å². The molecule has 0 unspecified atom stereocenters. The normalized spacial score (nSPS) is 33.5. The summed E-state index contributed by atoms with van der Waals surface area (Å²) < 4.78 is 10.7. The first-order chi connectivity index (χ1) is 6.27. The van der Waals surface area contributed by atoms with Gasteiger partial charge in [-0.15, -0.1) is 0 Å². The van der Waals surface area contributed by atoms with Gasteiger partial charge in [0.05, 0.1) is 18.5 Å². The van der Waals surface area contributed by atoms with E-state index in [0.717, 1.165) is 5.76 Å². The number of ether oxygens (including phenoxy) is 1. The summed E-state index contributed by atoms with van der Waals surface area (Å²) in [7, 11) is 0. The maximum absolute atomic E-state index is 9.35. The molecule has 3 atom stereocenters. The van der Waals surface area contributed by atoms with E-state index >= 15 is 0 Å². The Morgan fingerprint density at radius 2 is 2.23 bits per heavy atom. The average molecular weight is 180 g/mol. The van der Waals surface area contributed by atoms with Crippen molar-refractivity contribution >= 4 is 0 Å². The van der Waals surface area contributed by atoms with E-state index < -0.39 is 6.10 Å². The molecule has 0 saturated carbocycles. The molecule has 0 aromatic carbocycles. The van der Waals surface area contributed by atoms with E-state index in [1.54, 1.807) is 12.3 Å². The third-order valence-corrected chi connectivity index (χ3v) is 2.15. The molecule has 1 aliphatic heterocycles. The van der Waals surface area contributed by atoms with Crippen LogP contribution in [0.3, 0.4) is 0 Å². The Bertz CT molecular complexity index is 289. The molecule has 3 heteroatoms. The Kier molecular flexibility index (Phi) is 2.20. The molecule has 0 fully saturated rings. The molecular formula is C10H12O3. The van der Waals surface area contributed by atoms with E-state index in [4.69, 9.17) is 9.15 Å². The third-order valence-electron chi connectivity index (χ3n) is 2.15. The van der Waals surface area contributed by atoms with Crippen LogP contribution in [-0.4, -0.2) is 17.3 Å². The Balaban J connectivity index is 2.15. The number of hydrogen-bond acceptors (Lipinski definition) is 3. The van der Waals surface area contributed by atoms with Gasteiger partial charge in [0.1, 0.15) is 11.9 Å². The van der Waals surface area contributed by atoms with Crippen LogP contribution in [0, 0.1) is 0 Å². The van der Waals surface area contributed by atoms with Gasteiger partial charge in [-0.1, -0.05) is 6.08 Å². The Labute approximate surface area is 76.6 Å². The lowest BCUT2D eigenvalue weighted by Crippen LogP contribution is -2.29. The molecule has 2 heterocycles. The summed E-state index contributed by atoms with van der Waals surface area (Å²) in [5.74, 6) is 0.773. The predicted molar refractivity (Wildman–Crippen MR) is 47.1 cm³/mol. The van der Waals surface area contributed by atoms with Gasteiger partial charge in [-0.3, -0.25) is 0 Å². The Morgan fingerprint density at radius 1 is 1.38 bits per heavy atom. The zero-order chi connectivity index (χ0) is 9.26. The van der Waals surface area contributed by atoms with Crippen LogP contribution in [0.4, 0.5) is 0 Å². The summed E-state index contributed by atoms with van der Waals surface area (Å²) in [6.45, 7) is 1.84. The standard InChI is InChI=1S/C10H12O3/c1-7-8(11)4-5-10(13-7)9-3-2-6-12-9/h2-8,10-11H,1H3/t7-,8+,10-/m0/s1. The molecule has 0 saturated heterocycles. The Hall–Kier alpha value is -1.06. The molecule has 1 N–H and O–H groups in total. The number of furan rings is 1. The van der Waals surface area contributed by atoms with Crippen molar-refractivity contribution in [3.63, 3.8) is 0 Å². The highest BCUT2D eigenvalue weighted by molar-refractivity contribution is 5.13. The van der Waals surface area contributed by atoms with Gasteiger partial charge in [-0.05, 0) is 25.1 Å². The number of hydrogen-bond donors (Lipinski definition) is 1. The predicted octanol–water partition coefficient (Wildman–Crippen LogP) is 1.66. The van der Waals surface area contributed by atoms with Crippen molar-refractivity contribution in [3.8, 4) is 0 Å². The van der Waals surface area contributed by atoms with Crippen molar-refractivity contribution < 1.29 is 14.3 Å². The van der Waals surface area contributed by atoms with Crippen LogP contribution in [0.1, 0.15) is 18.8 Å². The maximum Gasteiger partial charge on any atom is 0.136 e. The second kappa shape index (κ2) is 3.36. The van der Waals surface area contributed by atoms with Crippen molar-refractivity contribution in [1.82, 2.24) is 0 Å². The van der Waals surface area contributed by atoms with Crippen molar-refractivity contribution in [2.75, 3.05) is 0 Å². The molecule has 0 spiro atoms. The van der Waals surface area contributed by atoms with Gasteiger partial charge < -0.3 is 14.3 Å². The molecule has 2 rings (SSSR count). The summed E-state index contributed by atoms with van der Waals surface area (Å²) >= 11 is 0. The highest BCUT2D eigenvalue weighted by Gasteiger charge is 2.23. The van der Waals surface area contributed by atoms with Gasteiger partial charge in [0.2, 0.25) is 0 Å². The molecular weight excluding hydrogens is 168 g/mol. The fourth-order valence-corrected chi connectivity index (χ4v) is 1.34. The maximum atomic E-state index is 9.35. The molecule has 0 radical (unpaired) electrons. The van der Waals surface area contributed by atoms with Crippen LogP contribution in [0.2, 0.25) is 0 Å². The third kappa shape index (κ3) is 1.66. The van der Waals surface area contributed by atoms with Crippen LogP contribution in [0.5, 0.6) is 0 Å². The first kappa shape index (κ1) is 8.53. The molecule has 1 aliphatic rings. The summed E-state index contributed by atoms with van der Waals surface area (Å²) in [6.07, 6.45) is 4.31. The Morgan fingerprint density at radius 3 is 2.85 bits per heavy atom. The highest BCUT2D eigenvalue weighted by atomic mass is 16.5. The van der Waals surface area contributed by atoms with Gasteiger partial charge in [-0.25, -0.2) is 0 Å². The van der Waals surface area contributed by atoms with E-state index in [9.17, 15) is 5.11 Å². The fourth-order valence-electron chi connectivity index (χ4n) is 1.34. The van der Waals surface area contributed by atoms with E-state index in [1.165, 1.54) is 0 Å². The monoisotopic (exact) mass is 180 g/mol. The van der Waals surface area contributed by atoms with Gasteiger partial charge in [0.25, 0.3) is 0 Å². The topological polar surface area (TPSA) is 42.6 Å². The summed E-state index contributed by atoms with van der Waals surface area (Å²) in [4.78, 5) is 0. The van der Waals surface area contributed by atoms with Crippen LogP contribution in [0.15, 0.2) is 35.0 Å². The molecule has 0 aliphatic carbocycles. The molecule has 0 amide bonds. The van der Waals surface area contributed by atoms with E-state index in [1.807, 2.05) is 25.1 Å². The molecule has 1 aromatic heterocycles. The summed E-state index contributed by atoms with van der Waals surface area (Å²) in [6, 6.07) is 3.68. The van der Waals surface area contributed by atoms with E-state index in [0.29, 0.717) is 0 Å². The SMILES string of the molecule is C[C@@H]1O[C@H](c2ccco2)C=C[C@H]1O. The zero-order valence-corrected chi connectivity index (χ0v) is 7.38. The van der Waals surface area contributed by atoms with E-state index in [-0.39, 0.29) is 12.2 Å². The lowest BCUT2D eigenvalue weighted by atomic mass is 10.1. The summed E-state index contributed by atoms with van der Waals surface area (Å²) in [5.41, 5.74) is 0. The van der Waals surface area contributed by atoms with Crippen LogP contribution < -0.4 is 0 Å². The van der Waals surface area contributed by atoms with Crippen LogP contribution in [0.25, 0.3) is 0 Å². The fraction of sp³-hybridized carbons (Fsp3) is 0.400. The largest absolute Gasteiger partial charge is 0.466 e. The van der Waals surface area contributed by atoms with Crippen molar-refractivity contribution in [3.05, 3.63) is 36.3 Å². The molecule has 0 bridgehead atoms. The van der Waals surface area contributed by atoms with Crippen molar-refractivity contribution in [2.45, 2.75) is 25.2 Å². The lowest BCUT2D eigenvalue weighted by molar-refractivity contribution is -0.0535. The smallest absolute Gasteiger partial charge is 0.136 e. The van der Waals surface area contributed by atoms with Crippen molar-refractivity contribution in [2.24, 2.45) is 0 Å². The van der Waals surface area contributed by atoms with Crippen LogP contribution >= 0.6 is 0 Å². The van der Waals surface area contributed by atoms with Crippen LogP contribution in [-0.2, 0) is 4.74 Å². The minimum absolute atomic E-state index is 0.159. The second-order valence-electron chi connectivity index (χ2n) is 3.15.